The summed E-state index contributed by atoms with van der Waals surface area (Å²) in [6, 6.07) is 0. The summed E-state index contributed by atoms with van der Waals surface area (Å²) in [5.74, 6) is 0.576. The minimum Gasteiger partial charge on any atom is -0.286 e. The smallest absolute Gasteiger partial charge is 0.258 e. The van der Waals surface area contributed by atoms with E-state index in [1.807, 2.05) is 25.9 Å². The molecular formula is C18H32N6O. The van der Waals surface area contributed by atoms with Gasteiger partial charge in [-0.2, -0.15) is 0 Å². The van der Waals surface area contributed by atoms with Gasteiger partial charge in [0, 0.05) is 11.5 Å². The Labute approximate surface area is 151 Å². The molecule has 0 aromatic carbocycles. The number of carbonyl (C=O) groups excluding carboxylic acids is 1. The Morgan fingerprint density at radius 1 is 1.16 bits per heavy atom. The van der Waals surface area contributed by atoms with Crippen molar-refractivity contribution in [3.63, 3.8) is 0 Å². The summed E-state index contributed by atoms with van der Waals surface area (Å²) in [6.45, 7) is 8.89. The van der Waals surface area contributed by atoms with Crippen molar-refractivity contribution < 1.29 is 4.79 Å². The maximum absolute atomic E-state index is 13.0. The van der Waals surface area contributed by atoms with Gasteiger partial charge in [0.2, 0.25) is 0 Å². The van der Waals surface area contributed by atoms with Gasteiger partial charge in [-0.3, -0.25) is 19.7 Å². The number of rotatable bonds is 3. The minimum atomic E-state index is -0.564. The average molecular weight is 348 g/mol. The van der Waals surface area contributed by atoms with Crippen LogP contribution in [0.1, 0.15) is 59.8 Å². The molecule has 25 heavy (non-hydrogen) atoms. The third-order valence-corrected chi connectivity index (χ3v) is 6.13. The first-order valence-electron chi connectivity index (χ1n) is 9.39. The Balaban J connectivity index is 1.76. The number of piperazine rings is 1. The highest BCUT2D eigenvalue weighted by Gasteiger charge is 2.49. The number of hydrogen-bond donors (Lipinski definition) is 1. The van der Waals surface area contributed by atoms with E-state index in [0.29, 0.717) is 12.5 Å². The molecule has 0 bridgehead atoms. The molecule has 3 rings (SSSR count). The zero-order valence-corrected chi connectivity index (χ0v) is 16.2. The Hall–Kier alpha value is -1.47. The molecule has 1 saturated carbocycles. The lowest BCUT2D eigenvalue weighted by atomic mass is 9.87. The number of nitrogens with zero attached hydrogens (tertiary/aromatic N) is 5. The molecule has 2 heterocycles. The third-order valence-electron chi connectivity index (χ3n) is 6.13. The zero-order valence-electron chi connectivity index (χ0n) is 16.2. The monoisotopic (exact) mass is 348 g/mol. The van der Waals surface area contributed by atoms with E-state index in [9.17, 15) is 4.79 Å². The average Bonchev–Trinajstić information content (AvgIpc) is 2.60. The standard InChI is InChI=1S/C18H32N6O/c1-17(2)11-23(16(25)18(3,4)22(17)5)21-24-13-19-12-20-15(24)14-9-7-6-8-10-14/h12-15,21H,6-11H2,1-5H3. The van der Waals surface area contributed by atoms with Crippen LogP contribution < -0.4 is 5.53 Å². The summed E-state index contributed by atoms with van der Waals surface area (Å²) in [6.07, 6.45) is 9.60. The molecule has 1 aliphatic carbocycles. The van der Waals surface area contributed by atoms with Gasteiger partial charge in [0.1, 0.15) is 18.8 Å². The van der Waals surface area contributed by atoms with E-state index < -0.39 is 5.54 Å². The van der Waals surface area contributed by atoms with Crippen LogP contribution in [-0.2, 0) is 4.79 Å². The van der Waals surface area contributed by atoms with Crippen molar-refractivity contribution in [2.24, 2.45) is 15.9 Å². The van der Waals surface area contributed by atoms with Crippen LogP contribution in [0.4, 0.5) is 0 Å². The number of nitrogens with one attached hydrogen (secondary N) is 1. The molecule has 2 aliphatic heterocycles. The molecule has 1 amide bonds. The topological polar surface area (TPSA) is 63.5 Å². The summed E-state index contributed by atoms with van der Waals surface area (Å²) in [5.41, 5.74) is 2.63. The predicted molar refractivity (Wildman–Crippen MR) is 100.0 cm³/mol. The number of aliphatic imine (C=N–C) groups is 2. The molecule has 0 spiro atoms. The van der Waals surface area contributed by atoms with E-state index >= 15 is 0 Å². The van der Waals surface area contributed by atoms with Gasteiger partial charge < -0.3 is 0 Å². The first kappa shape index (κ1) is 18.3. The first-order valence-corrected chi connectivity index (χ1v) is 9.39. The molecule has 3 aliphatic rings. The molecule has 7 heteroatoms. The third kappa shape index (κ3) is 3.44. The molecule has 7 nitrogen and oxygen atoms in total. The van der Waals surface area contributed by atoms with Gasteiger partial charge in [0.25, 0.3) is 5.91 Å². The van der Waals surface area contributed by atoms with Gasteiger partial charge in [-0.25, -0.2) is 9.98 Å². The number of hydrogen-bond acceptors (Lipinski definition) is 6. The van der Waals surface area contributed by atoms with Crippen molar-refractivity contribution in [1.82, 2.24) is 20.5 Å². The summed E-state index contributed by atoms with van der Waals surface area (Å²) < 4.78 is 0. The molecule has 1 N–H and O–H groups in total. The molecule has 0 aromatic heterocycles. The van der Waals surface area contributed by atoms with E-state index in [2.05, 4.69) is 34.3 Å². The van der Waals surface area contributed by atoms with Crippen LogP contribution in [-0.4, -0.2) is 64.3 Å². The molecular weight excluding hydrogens is 316 g/mol. The van der Waals surface area contributed by atoms with Gasteiger partial charge in [0.05, 0.1) is 12.1 Å². The fourth-order valence-corrected chi connectivity index (χ4v) is 4.23. The fourth-order valence-electron chi connectivity index (χ4n) is 4.23. The second-order valence-electron chi connectivity index (χ2n) is 8.67. The van der Waals surface area contributed by atoms with Gasteiger partial charge >= 0.3 is 0 Å². The Kier molecular flexibility index (Phi) is 4.90. The normalized spacial score (nSPS) is 30.1. The second kappa shape index (κ2) is 6.68. The number of carbonyl (C=O) groups is 1. The van der Waals surface area contributed by atoms with Crippen molar-refractivity contribution in [3.8, 4) is 0 Å². The van der Waals surface area contributed by atoms with E-state index in [0.717, 1.165) is 0 Å². The SMILES string of the molecule is CN1C(C)(C)CN(NN2C=NC=NC2C2CCCCC2)C(=O)C1(C)C. The van der Waals surface area contributed by atoms with Gasteiger partial charge in [-0.1, -0.05) is 19.3 Å². The highest BCUT2D eigenvalue weighted by atomic mass is 16.2. The van der Waals surface area contributed by atoms with Gasteiger partial charge in [0.15, 0.2) is 0 Å². The molecule has 1 unspecified atom stereocenters. The van der Waals surface area contributed by atoms with Crippen LogP contribution in [0.3, 0.4) is 0 Å². The number of amides is 1. The van der Waals surface area contributed by atoms with E-state index in [4.69, 9.17) is 0 Å². The lowest BCUT2D eigenvalue weighted by molar-refractivity contribution is -0.169. The van der Waals surface area contributed by atoms with Crippen molar-refractivity contribution in [2.45, 2.75) is 77.0 Å². The highest BCUT2D eigenvalue weighted by molar-refractivity contribution is 5.86. The van der Waals surface area contributed by atoms with Gasteiger partial charge in [-0.15, -0.1) is 5.53 Å². The summed E-state index contributed by atoms with van der Waals surface area (Å²) in [5, 5.41) is 3.66. The van der Waals surface area contributed by atoms with Gasteiger partial charge in [-0.05, 0) is 47.6 Å². The predicted octanol–water partition coefficient (Wildman–Crippen LogP) is 2.02. The van der Waals surface area contributed by atoms with Crippen LogP contribution in [0.25, 0.3) is 0 Å². The van der Waals surface area contributed by atoms with Crippen LogP contribution in [0.5, 0.6) is 0 Å². The molecule has 1 atom stereocenters. The maximum atomic E-state index is 13.0. The minimum absolute atomic E-state index is 0.0106. The summed E-state index contributed by atoms with van der Waals surface area (Å²) >= 11 is 0. The van der Waals surface area contributed by atoms with E-state index in [1.165, 1.54) is 32.1 Å². The number of likely N-dealkylation sites (N-methyl/N-ethyl adjacent to an activating group) is 1. The fraction of sp³-hybridized carbons (Fsp3) is 0.833. The van der Waals surface area contributed by atoms with E-state index in [-0.39, 0.29) is 17.6 Å². The largest absolute Gasteiger partial charge is 0.286 e. The zero-order chi connectivity index (χ0) is 18.2. The van der Waals surface area contributed by atoms with Crippen LogP contribution >= 0.6 is 0 Å². The lowest BCUT2D eigenvalue weighted by Gasteiger charge is -2.54. The Morgan fingerprint density at radius 3 is 2.52 bits per heavy atom. The lowest BCUT2D eigenvalue weighted by Crippen LogP contribution is -2.74. The first-order chi connectivity index (χ1) is 11.7. The quantitative estimate of drug-likeness (QED) is 0.847. The van der Waals surface area contributed by atoms with Crippen LogP contribution in [0.2, 0.25) is 0 Å². The molecule has 2 fully saturated rings. The number of hydrazine groups is 2. The Bertz CT molecular complexity index is 564. The van der Waals surface area contributed by atoms with Crippen molar-refractivity contribution in [2.75, 3.05) is 13.6 Å². The highest BCUT2D eigenvalue weighted by Crippen LogP contribution is 2.32. The van der Waals surface area contributed by atoms with E-state index in [1.54, 1.807) is 17.7 Å². The molecule has 1 saturated heterocycles. The molecule has 0 radical (unpaired) electrons. The molecule has 0 aromatic rings. The van der Waals surface area contributed by atoms with Crippen LogP contribution in [0, 0.1) is 5.92 Å². The summed E-state index contributed by atoms with van der Waals surface area (Å²) in [4.78, 5) is 24.0. The van der Waals surface area contributed by atoms with Crippen LogP contribution in [0.15, 0.2) is 9.98 Å². The van der Waals surface area contributed by atoms with Crippen molar-refractivity contribution >= 4 is 18.6 Å². The second-order valence-corrected chi connectivity index (χ2v) is 8.67. The van der Waals surface area contributed by atoms with Crippen molar-refractivity contribution in [3.05, 3.63) is 0 Å². The Morgan fingerprint density at radius 2 is 1.84 bits per heavy atom. The summed E-state index contributed by atoms with van der Waals surface area (Å²) in [7, 11) is 2.02. The van der Waals surface area contributed by atoms with Crippen molar-refractivity contribution in [1.29, 1.82) is 0 Å². The molecule has 140 valence electrons. The maximum Gasteiger partial charge on any atom is 0.258 e.